The van der Waals surface area contributed by atoms with Crippen molar-refractivity contribution in [2.24, 2.45) is 0 Å². The summed E-state index contributed by atoms with van der Waals surface area (Å²) < 4.78 is 17.5. The van der Waals surface area contributed by atoms with Crippen LogP contribution in [-0.2, 0) is 11.2 Å². The zero-order chi connectivity index (χ0) is 12.3. The van der Waals surface area contributed by atoms with Crippen LogP contribution in [0.4, 0.5) is 10.1 Å². The number of halogens is 1. The largest absolute Gasteiger partial charge is 0.508 e. The Morgan fingerprint density at radius 3 is 2.94 bits per heavy atom. The van der Waals surface area contributed by atoms with Crippen molar-refractivity contribution < 1.29 is 18.8 Å². The molecule has 2 aromatic rings. The van der Waals surface area contributed by atoms with Gasteiger partial charge < -0.3 is 14.9 Å². The Balaban J connectivity index is 2.03. The van der Waals surface area contributed by atoms with E-state index in [1.165, 1.54) is 12.3 Å². The van der Waals surface area contributed by atoms with E-state index in [0.29, 0.717) is 5.69 Å². The lowest BCUT2D eigenvalue weighted by Gasteiger charge is -2.04. The molecule has 2 rings (SSSR count). The maximum absolute atomic E-state index is 12.9. The first kappa shape index (κ1) is 11.1. The van der Waals surface area contributed by atoms with Gasteiger partial charge in [0.1, 0.15) is 17.8 Å². The van der Waals surface area contributed by atoms with Gasteiger partial charge in [0.15, 0.2) is 0 Å². The molecule has 0 aliphatic carbocycles. The van der Waals surface area contributed by atoms with Crippen LogP contribution < -0.4 is 5.32 Å². The van der Waals surface area contributed by atoms with E-state index in [2.05, 4.69) is 15.0 Å². The number of hydrogen-bond donors (Lipinski definition) is 2. The Morgan fingerprint density at radius 2 is 2.29 bits per heavy atom. The predicted octanol–water partition coefficient (Wildman–Crippen LogP) is 1.70. The lowest BCUT2D eigenvalue weighted by Crippen LogP contribution is -2.14. The first-order valence-electron chi connectivity index (χ1n) is 4.82. The zero-order valence-corrected chi connectivity index (χ0v) is 8.68. The lowest BCUT2D eigenvalue weighted by molar-refractivity contribution is -0.115. The fraction of sp³-hybridized carbons (Fsp3) is 0.0909. The van der Waals surface area contributed by atoms with Crippen LogP contribution in [0, 0.1) is 5.82 Å². The van der Waals surface area contributed by atoms with Gasteiger partial charge in [0.2, 0.25) is 5.91 Å². The van der Waals surface area contributed by atoms with Crippen molar-refractivity contribution in [3.8, 4) is 5.75 Å². The molecule has 17 heavy (non-hydrogen) atoms. The number of carbonyl (C=O) groups is 1. The molecular weight excluding hydrogens is 227 g/mol. The van der Waals surface area contributed by atoms with Gasteiger partial charge >= 0.3 is 0 Å². The molecule has 88 valence electrons. The number of nitrogens with one attached hydrogen (secondary N) is 1. The highest BCUT2D eigenvalue weighted by Gasteiger charge is 2.07. The summed E-state index contributed by atoms with van der Waals surface area (Å²) in [6.07, 6.45) is 1.38. The van der Waals surface area contributed by atoms with E-state index in [4.69, 9.17) is 5.11 Å². The summed E-state index contributed by atoms with van der Waals surface area (Å²) in [5.41, 5.74) is 0.666. The standard InChI is InChI=1S/C11H9FN2O3/c12-7-3-9(5-10(15)4-7)13-11(16)6-8-1-2-17-14-8/h1-5,15H,6H2,(H,13,16). The first-order valence-corrected chi connectivity index (χ1v) is 4.82. The molecule has 0 aliphatic heterocycles. The minimum Gasteiger partial charge on any atom is -0.508 e. The van der Waals surface area contributed by atoms with E-state index in [-0.39, 0.29) is 23.8 Å². The third-order valence-electron chi connectivity index (χ3n) is 2.00. The highest BCUT2D eigenvalue weighted by Crippen LogP contribution is 2.18. The van der Waals surface area contributed by atoms with Gasteiger partial charge in [-0.3, -0.25) is 4.79 Å². The van der Waals surface area contributed by atoms with E-state index in [1.807, 2.05) is 0 Å². The third kappa shape index (κ3) is 3.04. The number of benzene rings is 1. The van der Waals surface area contributed by atoms with E-state index in [9.17, 15) is 9.18 Å². The van der Waals surface area contributed by atoms with Crippen LogP contribution in [0.25, 0.3) is 0 Å². The fourth-order valence-electron chi connectivity index (χ4n) is 1.34. The molecule has 1 heterocycles. The number of phenolic OH excluding ortho intramolecular Hbond substituents is 1. The summed E-state index contributed by atoms with van der Waals surface area (Å²) in [6.45, 7) is 0. The van der Waals surface area contributed by atoms with Gasteiger partial charge in [0.05, 0.1) is 12.1 Å². The van der Waals surface area contributed by atoms with Crippen molar-refractivity contribution in [1.82, 2.24) is 5.16 Å². The highest BCUT2D eigenvalue weighted by atomic mass is 19.1. The number of anilines is 1. The monoisotopic (exact) mass is 236 g/mol. The SMILES string of the molecule is O=C(Cc1ccon1)Nc1cc(O)cc(F)c1. The predicted molar refractivity (Wildman–Crippen MR) is 56.9 cm³/mol. The molecule has 0 atom stereocenters. The minimum atomic E-state index is -0.623. The Bertz CT molecular complexity index is 505. The highest BCUT2D eigenvalue weighted by molar-refractivity contribution is 5.92. The Morgan fingerprint density at radius 1 is 1.47 bits per heavy atom. The molecule has 0 saturated heterocycles. The molecule has 1 amide bonds. The Kier molecular flexibility index (Phi) is 3.04. The number of hydrogen-bond acceptors (Lipinski definition) is 4. The first-order chi connectivity index (χ1) is 8.13. The number of aromatic hydroxyl groups is 1. The van der Waals surface area contributed by atoms with Gasteiger partial charge in [-0.05, 0) is 6.07 Å². The maximum atomic E-state index is 12.9. The molecular formula is C11H9FN2O3. The van der Waals surface area contributed by atoms with Crippen LogP contribution >= 0.6 is 0 Å². The Labute approximate surface area is 95.9 Å². The topological polar surface area (TPSA) is 75.4 Å². The van der Waals surface area contributed by atoms with Crippen molar-refractivity contribution in [1.29, 1.82) is 0 Å². The second-order valence-corrected chi connectivity index (χ2v) is 3.41. The number of amides is 1. The molecule has 2 N–H and O–H groups in total. The average molecular weight is 236 g/mol. The van der Waals surface area contributed by atoms with Crippen LogP contribution in [0.3, 0.4) is 0 Å². The van der Waals surface area contributed by atoms with Crippen LogP contribution in [0.5, 0.6) is 5.75 Å². The van der Waals surface area contributed by atoms with Crippen molar-refractivity contribution in [2.45, 2.75) is 6.42 Å². The van der Waals surface area contributed by atoms with Crippen molar-refractivity contribution in [3.63, 3.8) is 0 Å². The average Bonchev–Trinajstić information content (AvgIpc) is 2.67. The molecule has 0 bridgehead atoms. The number of phenols is 1. The summed E-state index contributed by atoms with van der Waals surface area (Å²) in [5, 5.41) is 15.2. The van der Waals surface area contributed by atoms with Crippen LogP contribution in [0.2, 0.25) is 0 Å². The third-order valence-corrected chi connectivity index (χ3v) is 2.00. The summed E-state index contributed by atoms with van der Waals surface area (Å²) >= 11 is 0. The quantitative estimate of drug-likeness (QED) is 0.850. The van der Waals surface area contributed by atoms with E-state index >= 15 is 0 Å². The zero-order valence-electron chi connectivity index (χ0n) is 8.68. The molecule has 5 nitrogen and oxygen atoms in total. The minimum absolute atomic E-state index is 0.0216. The van der Waals surface area contributed by atoms with Crippen LogP contribution in [-0.4, -0.2) is 16.2 Å². The number of rotatable bonds is 3. The smallest absolute Gasteiger partial charge is 0.230 e. The molecule has 0 unspecified atom stereocenters. The molecule has 0 saturated carbocycles. The summed E-state index contributed by atoms with van der Waals surface area (Å²) in [4.78, 5) is 11.5. The molecule has 1 aromatic carbocycles. The summed E-state index contributed by atoms with van der Waals surface area (Å²) in [7, 11) is 0. The van der Waals surface area contributed by atoms with Gasteiger partial charge in [-0.15, -0.1) is 0 Å². The molecule has 1 aromatic heterocycles. The van der Waals surface area contributed by atoms with Crippen molar-refractivity contribution in [2.75, 3.05) is 5.32 Å². The van der Waals surface area contributed by atoms with Gasteiger partial charge in [0.25, 0.3) is 0 Å². The van der Waals surface area contributed by atoms with Gasteiger partial charge in [-0.1, -0.05) is 5.16 Å². The van der Waals surface area contributed by atoms with Crippen LogP contribution in [0.1, 0.15) is 5.69 Å². The van der Waals surface area contributed by atoms with Crippen molar-refractivity contribution >= 4 is 11.6 Å². The van der Waals surface area contributed by atoms with E-state index < -0.39 is 5.82 Å². The molecule has 0 spiro atoms. The normalized spacial score (nSPS) is 10.2. The number of aromatic nitrogens is 1. The Hall–Kier alpha value is -2.37. The maximum Gasteiger partial charge on any atom is 0.230 e. The summed E-state index contributed by atoms with van der Waals surface area (Å²) in [6, 6.07) is 4.88. The van der Waals surface area contributed by atoms with Crippen molar-refractivity contribution in [3.05, 3.63) is 42.0 Å². The van der Waals surface area contributed by atoms with Gasteiger partial charge in [0, 0.05) is 23.9 Å². The number of nitrogens with zero attached hydrogens (tertiary/aromatic N) is 1. The van der Waals surface area contributed by atoms with Gasteiger partial charge in [-0.25, -0.2) is 4.39 Å². The molecule has 0 fully saturated rings. The van der Waals surface area contributed by atoms with E-state index in [0.717, 1.165) is 12.1 Å². The van der Waals surface area contributed by atoms with Gasteiger partial charge in [-0.2, -0.15) is 0 Å². The number of carbonyl (C=O) groups excluding carboxylic acids is 1. The molecule has 6 heteroatoms. The van der Waals surface area contributed by atoms with E-state index in [1.54, 1.807) is 6.07 Å². The van der Waals surface area contributed by atoms with Crippen LogP contribution in [0.15, 0.2) is 35.1 Å². The second-order valence-electron chi connectivity index (χ2n) is 3.41. The lowest BCUT2D eigenvalue weighted by atomic mass is 10.2. The molecule has 0 aliphatic rings. The molecule has 0 radical (unpaired) electrons. The fourth-order valence-corrected chi connectivity index (χ4v) is 1.34. The summed E-state index contributed by atoms with van der Waals surface area (Å²) in [5.74, 6) is -1.24. The second kappa shape index (κ2) is 4.65.